The van der Waals surface area contributed by atoms with Crippen LogP contribution in [0.3, 0.4) is 0 Å². The highest BCUT2D eigenvalue weighted by molar-refractivity contribution is 7.13. The number of aromatic nitrogens is 3. The molecule has 1 aliphatic rings. The van der Waals surface area contributed by atoms with Gasteiger partial charge in [0.1, 0.15) is 0 Å². The maximum atomic E-state index is 13.5. The Morgan fingerprint density at radius 1 is 1.19 bits per heavy atom. The van der Waals surface area contributed by atoms with Crippen LogP contribution >= 0.6 is 11.3 Å². The van der Waals surface area contributed by atoms with E-state index >= 15 is 0 Å². The highest BCUT2D eigenvalue weighted by atomic mass is 32.1. The SMILES string of the molecule is Cc1csc(-c2c(-c3ccncc3)nc(NC[C@@H]3Cc4ccccc4CN3)n(C)c2=O)c1. The molecule has 162 valence electrons. The van der Waals surface area contributed by atoms with E-state index in [1.54, 1.807) is 35.3 Å². The van der Waals surface area contributed by atoms with Crippen molar-refractivity contribution in [3.63, 3.8) is 0 Å². The van der Waals surface area contributed by atoms with Gasteiger partial charge in [0.25, 0.3) is 5.56 Å². The summed E-state index contributed by atoms with van der Waals surface area (Å²) in [6.07, 6.45) is 4.41. The van der Waals surface area contributed by atoms with Crippen molar-refractivity contribution in [2.75, 3.05) is 11.9 Å². The minimum Gasteiger partial charge on any atom is -0.354 e. The van der Waals surface area contributed by atoms with E-state index in [2.05, 4.69) is 45.3 Å². The average Bonchev–Trinajstić information content (AvgIpc) is 3.26. The van der Waals surface area contributed by atoms with Crippen molar-refractivity contribution in [3.8, 4) is 21.7 Å². The minimum atomic E-state index is -0.0573. The van der Waals surface area contributed by atoms with E-state index in [0.717, 1.165) is 29.0 Å². The van der Waals surface area contributed by atoms with Crippen molar-refractivity contribution in [2.24, 2.45) is 7.05 Å². The summed E-state index contributed by atoms with van der Waals surface area (Å²) < 4.78 is 1.62. The van der Waals surface area contributed by atoms with Gasteiger partial charge in [-0.3, -0.25) is 14.3 Å². The second-order valence-electron chi connectivity index (χ2n) is 8.18. The van der Waals surface area contributed by atoms with Crippen LogP contribution in [0.15, 0.2) is 65.0 Å². The monoisotopic (exact) mass is 443 g/mol. The number of anilines is 1. The van der Waals surface area contributed by atoms with Crippen molar-refractivity contribution >= 4 is 17.3 Å². The Kier molecular flexibility index (Phi) is 5.59. The van der Waals surface area contributed by atoms with Gasteiger partial charge >= 0.3 is 0 Å². The van der Waals surface area contributed by atoms with Crippen molar-refractivity contribution in [2.45, 2.75) is 25.9 Å². The Balaban J connectivity index is 1.48. The molecule has 1 aromatic carbocycles. The van der Waals surface area contributed by atoms with Crippen LogP contribution in [-0.2, 0) is 20.0 Å². The molecule has 2 N–H and O–H groups in total. The molecular weight excluding hydrogens is 418 g/mol. The van der Waals surface area contributed by atoms with Gasteiger partial charge in [0.05, 0.1) is 11.3 Å². The normalized spacial score (nSPS) is 15.4. The zero-order valence-corrected chi connectivity index (χ0v) is 18.9. The molecular formula is C25H25N5OS. The average molecular weight is 444 g/mol. The zero-order chi connectivity index (χ0) is 22.1. The second kappa shape index (κ2) is 8.68. The first-order chi connectivity index (χ1) is 15.6. The molecule has 32 heavy (non-hydrogen) atoms. The fourth-order valence-corrected chi connectivity index (χ4v) is 5.08. The molecule has 0 fully saturated rings. The molecule has 1 atom stereocenters. The van der Waals surface area contributed by atoms with Crippen LogP contribution in [0.5, 0.6) is 0 Å². The minimum absolute atomic E-state index is 0.0573. The van der Waals surface area contributed by atoms with Gasteiger partial charge in [0.15, 0.2) is 0 Å². The third kappa shape index (κ3) is 3.97. The molecule has 0 amide bonds. The zero-order valence-electron chi connectivity index (χ0n) is 18.1. The van der Waals surface area contributed by atoms with Gasteiger partial charge in [0.2, 0.25) is 5.95 Å². The lowest BCUT2D eigenvalue weighted by atomic mass is 9.96. The third-order valence-corrected chi connectivity index (χ3v) is 6.96. The first kappa shape index (κ1) is 20.6. The van der Waals surface area contributed by atoms with Gasteiger partial charge in [-0.25, -0.2) is 4.98 Å². The molecule has 0 bridgehead atoms. The molecule has 0 unspecified atom stereocenters. The molecule has 0 saturated heterocycles. The Labute approximate surface area is 191 Å². The summed E-state index contributed by atoms with van der Waals surface area (Å²) in [5.74, 6) is 0.569. The maximum absolute atomic E-state index is 13.5. The molecule has 4 aromatic rings. The van der Waals surface area contributed by atoms with Crippen molar-refractivity contribution in [3.05, 3.63) is 87.3 Å². The van der Waals surface area contributed by atoms with Crippen LogP contribution in [0.25, 0.3) is 21.7 Å². The van der Waals surface area contributed by atoms with E-state index in [1.807, 2.05) is 25.1 Å². The molecule has 4 heterocycles. The van der Waals surface area contributed by atoms with Crippen LogP contribution in [0, 0.1) is 6.92 Å². The van der Waals surface area contributed by atoms with Crippen LogP contribution < -0.4 is 16.2 Å². The summed E-state index contributed by atoms with van der Waals surface area (Å²) in [5.41, 5.74) is 6.00. The number of nitrogens with zero attached hydrogens (tertiary/aromatic N) is 3. The Morgan fingerprint density at radius 3 is 2.72 bits per heavy atom. The molecule has 0 aliphatic carbocycles. The highest BCUT2D eigenvalue weighted by Gasteiger charge is 2.21. The predicted octanol–water partition coefficient (Wildman–Crippen LogP) is 4.01. The standard InChI is InChI=1S/C25H25N5OS/c1-16-11-21(32-15-16)22-23(17-7-9-26-10-8-17)29-25(30(2)24(22)31)28-14-20-12-18-5-3-4-6-19(18)13-27-20/h3-11,15,20,27H,12-14H2,1-2H3,(H,28,29)/t20-/m0/s1. The summed E-state index contributed by atoms with van der Waals surface area (Å²) in [6.45, 7) is 3.57. The summed E-state index contributed by atoms with van der Waals surface area (Å²) in [6, 6.07) is 14.6. The molecule has 3 aromatic heterocycles. The Hall–Kier alpha value is -3.29. The van der Waals surface area contributed by atoms with Gasteiger partial charge in [0, 0.05) is 49.0 Å². The van der Waals surface area contributed by atoms with Crippen LogP contribution in [-0.4, -0.2) is 27.1 Å². The molecule has 0 radical (unpaired) electrons. The number of nitrogens with one attached hydrogen (secondary N) is 2. The smallest absolute Gasteiger partial charge is 0.263 e. The maximum Gasteiger partial charge on any atom is 0.263 e. The topological polar surface area (TPSA) is 71.8 Å². The number of hydrogen-bond donors (Lipinski definition) is 2. The number of rotatable bonds is 5. The van der Waals surface area contributed by atoms with Gasteiger partial charge < -0.3 is 10.6 Å². The van der Waals surface area contributed by atoms with Gasteiger partial charge in [-0.05, 0) is 53.6 Å². The van der Waals surface area contributed by atoms with E-state index in [-0.39, 0.29) is 11.6 Å². The summed E-state index contributed by atoms with van der Waals surface area (Å²) >= 11 is 1.57. The number of fused-ring (bicyclic) bond motifs is 1. The van der Waals surface area contributed by atoms with Crippen molar-refractivity contribution in [1.82, 2.24) is 19.9 Å². The Bertz CT molecular complexity index is 1310. The Morgan fingerprint density at radius 2 is 1.97 bits per heavy atom. The van der Waals surface area contributed by atoms with Crippen LogP contribution in [0.2, 0.25) is 0 Å². The summed E-state index contributed by atoms with van der Waals surface area (Å²) in [5, 5.41) is 9.07. The molecule has 0 saturated carbocycles. The van der Waals surface area contributed by atoms with E-state index < -0.39 is 0 Å². The van der Waals surface area contributed by atoms with E-state index in [9.17, 15) is 4.79 Å². The number of thiophene rings is 1. The largest absolute Gasteiger partial charge is 0.354 e. The highest BCUT2D eigenvalue weighted by Crippen LogP contribution is 2.32. The quantitative estimate of drug-likeness (QED) is 0.488. The van der Waals surface area contributed by atoms with Crippen LogP contribution in [0.1, 0.15) is 16.7 Å². The van der Waals surface area contributed by atoms with Crippen molar-refractivity contribution < 1.29 is 0 Å². The van der Waals surface area contributed by atoms with Gasteiger partial charge in [-0.15, -0.1) is 11.3 Å². The fraction of sp³-hybridized carbons (Fsp3) is 0.240. The molecule has 0 spiro atoms. The van der Waals surface area contributed by atoms with E-state index in [4.69, 9.17) is 4.98 Å². The molecule has 5 rings (SSSR count). The number of benzene rings is 1. The first-order valence-corrected chi connectivity index (χ1v) is 11.6. The molecule has 1 aliphatic heterocycles. The molecule has 7 heteroatoms. The van der Waals surface area contributed by atoms with Crippen LogP contribution in [0.4, 0.5) is 5.95 Å². The number of aryl methyl sites for hydroxylation is 1. The first-order valence-electron chi connectivity index (χ1n) is 10.7. The molecule has 6 nitrogen and oxygen atoms in total. The lowest BCUT2D eigenvalue weighted by molar-refractivity contribution is 0.495. The number of hydrogen-bond acceptors (Lipinski definition) is 6. The summed E-state index contributed by atoms with van der Waals surface area (Å²) in [7, 11) is 1.78. The lowest BCUT2D eigenvalue weighted by Crippen LogP contribution is -2.41. The van der Waals surface area contributed by atoms with Gasteiger partial charge in [-0.2, -0.15) is 0 Å². The second-order valence-corrected chi connectivity index (χ2v) is 9.09. The third-order valence-electron chi connectivity index (χ3n) is 5.89. The lowest BCUT2D eigenvalue weighted by Gasteiger charge is -2.27. The van der Waals surface area contributed by atoms with Crippen molar-refractivity contribution in [1.29, 1.82) is 0 Å². The number of pyridine rings is 1. The van der Waals surface area contributed by atoms with E-state index in [1.165, 1.54) is 11.1 Å². The predicted molar refractivity (Wildman–Crippen MR) is 130 cm³/mol. The summed E-state index contributed by atoms with van der Waals surface area (Å²) in [4.78, 5) is 23.4. The fourth-order valence-electron chi connectivity index (χ4n) is 4.14. The van der Waals surface area contributed by atoms with E-state index in [0.29, 0.717) is 23.8 Å². The van der Waals surface area contributed by atoms with Gasteiger partial charge in [-0.1, -0.05) is 24.3 Å².